The van der Waals surface area contributed by atoms with E-state index in [9.17, 15) is 4.79 Å². The van der Waals surface area contributed by atoms with Crippen LogP contribution in [-0.4, -0.2) is 17.4 Å². The molecule has 19 heavy (non-hydrogen) atoms. The monoisotopic (exact) mass is 259 g/mol. The molecule has 0 bridgehead atoms. The topological polar surface area (TPSA) is 52.3 Å². The molecule has 2 aromatic heterocycles. The lowest BCUT2D eigenvalue weighted by atomic mass is 10.1. The van der Waals surface area contributed by atoms with Gasteiger partial charge in [0.2, 0.25) is 0 Å². The quantitative estimate of drug-likeness (QED) is 0.773. The number of aryl methyl sites for hydroxylation is 2. The SMILES string of the molecule is CCCOc1cncc(C(=O)c2cc(C)oc2C)c1. The van der Waals surface area contributed by atoms with Gasteiger partial charge in [0.1, 0.15) is 17.3 Å². The van der Waals surface area contributed by atoms with E-state index < -0.39 is 0 Å². The van der Waals surface area contributed by atoms with Crippen molar-refractivity contribution < 1.29 is 13.9 Å². The van der Waals surface area contributed by atoms with Gasteiger partial charge >= 0.3 is 0 Å². The lowest BCUT2D eigenvalue weighted by molar-refractivity contribution is 0.103. The zero-order valence-electron chi connectivity index (χ0n) is 11.4. The molecule has 0 saturated heterocycles. The largest absolute Gasteiger partial charge is 0.492 e. The van der Waals surface area contributed by atoms with Gasteiger partial charge in [-0.3, -0.25) is 9.78 Å². The first-order valence-corrected chi connectivity index (χ1v) is 6.31. The van der Waals surface area contributed by atoms with Crippen LogP contribution in [0.1, 0.15) is 40.8 Å². The van der Waals surface area contributed by atoms with Crippen molar-refractivity contribution in [1.29, 1.82) is 0 Å². The van der Waals surface area contributed by atoms with Crippen molar-refractivity contribution in [3.8, 4) is 5.75 Å². The molecule has 0 amide bonds. The minimum absolute atomic E-state index is 0.0937. The molecule has 2 rings (SSSR count). The van der Waals surface area contributed by atoms with Crippen LogP contribution in [0.4, 0.5) is 0 Å². The van der Waals surface area contributed by atoms with Gasteiger partial charge in [-0.15, -0.1) is 0 Å². The van der Waals surface area contributed by atoms with Crippen molar-refractivity contribution in [3.63, 3.8) is 0 Å². The van der Waals surface area contributed by atoms with Crippen LogP contribution in [0.3, 0.4) is 0 Å². The Kier molecular flexibility index (Phi) is 4.00. The molecule has 0 radical (unpaired) electrons. The van der Waals surface area contributed by atoms with Crippen LogP contribution in [0.15, 0.2) is 28.9 Å². The normalized spacial score (nSPS) is 10.5. The number of carbonyl (C=O) groups excluding carboxylic acids is 1. The first-order chi connectivity index (χ1) is 9.11. The molecule has 0 saturated carbocycles. The summed E-state index contributed by atoms with van der Waals surface area (Å²) >= 11 is 0. The highest BCUT2D eigenvalue weighted by atomic mass is 16.5. The van der Waals surface area contributed by atoms with Crippen molar-refractivity contribution in [2.45, 2.75) is 27.2 Å². The number of nitrogens with zero attached hydrogens (tertiary/aromatic N) is 1. The molecule has 0 spiro atoms. The fourth-order valence-corrected chi connectivity index (χ4v) is 1.85. The third kappa shape index (κ3) is 3.02. The predicted molar refractivity (Wildman–Crippen MR) is 71.6 cm³/mol. The summed E-state index contributed by atoms with van der Waals surface area (Å²) in [4.78, 5) is 16.4. The van der Waals surface area contributed by atoms with Gasteiger partial charge in [0.15, 0.2) is 5.78 Å². The van der Waals surface area contributed by atoms with E-state index in [-0.39, 0.29) is 5.78 Å². The second kappa shape index (κ2) is 5.69. The van der Waals surface area contributed by atoms with Crippen molar-refractivity contribution in [3.05, 3.63) is 47.2 Å². The minimum Gasteiger partial charge on any atom is -0.492 e. The van der Waals surface area contributed by atoms with Crippen LogP contribution in [0.25, 0.3) is 0 Å². The molecule has 0 atom stereocenters. The fraction of sp³-hybridized carbons (Fsp3) is 0.333. The van der Waals surface area contributed by atoms with Crippen LogP contribution >= 0.6 is 0 Å². The van der Waals surface area contributed by atoms with E-state index in [1.54, 1.807) is 31.5 Å². The van der Waals surface area contributed by atoms with Crippen LogP contribution in [0.5, 0.6) is 5.75 Å². The Morgan fingerprint density at radius 2 is 2.11 bits per heavy atom. The maximum atomic E-state index is 12.4. The van der Waals surface area contributed by atoms with Crippen molar-refractivity contribution in [2.24, 2.45) is 0 Å². The van der Waals surface area contributed by atoms with E-state index in [0.29, 0.717) is 29.2 Å². The lowest BCUT2D eigenvalue weighted by Gasteiger charge is -2.05. The molecule has 0 N–H and O–H groups in total. The summed E-state index contributed by atoms with van der Waals surface area (Å²) in [5, 5.41) is 0. The third-order valence-electron chi connectivity index (χ3n) is 2.73. The van der Waals surface area contributed by atoms with Crippen LogP contribution in [0, 0.1) is 13.8 Å². The number of ether oxygens (including phenoxy) is 1. The van der Waals surface area contributed by atoms with Gasteiger partial charge in [0, 0.05) is 11.8 Å². The Morgan fingerprint density at radius 1 is 1.32 bits per heavy atom. The average Bonchev–Trinajstić information content (AvgIpc) is 2.75. The van der Waals surface area contributed by atoms with Gasteiger partial charge < -0.3 is 9.15 Å². The van der Waals surface area contributed by atoms with Crippen LogP contribution < -0.4 is 4.74 Å². The number of hydrogen-bond acceptors (Lipinski definition) is 4. The van der Waals surface area contributed by atoms with E-state index in [4.69, 9.17) is 9.15 Å². The molecule has 100 valence electrons. The van der Waals surface area contributed by atoms with Gasteiger partial charge in [0.25, 0.3) is 0 Å². The zero-order valence-corrected chi connectivity index (χ0v) is 11.4. The number of rotatable bonds is 5. The molecule has 0 aliphatic heterocycles. The van der Waals surface area contributed by atoms with Gasteiger partial charge in [-0.1, -0.05) is 6.92 Å². The summed E-state index contributed by atoms with van der Waals surface area (Å²) in [6.07, 6.45) is 4.07. The Bertz CT molecular complexity index is 587. The number of carbonyl (C=O) groups is 1. The molecule has 0 aliphatic carbocycles. The number of pyridine rings is 1. The highest BCUT2D eigenvalue weighted by molar-refractivity contribution is 6.09. The van der Waals surface area contributed by atoms with Crippen LogP contribution in [0.2, 0.25) is 0 Å². The Balaban J connectivity index is 2.26. The number of furan rings is 1. The molecule has 4 nitrogen and oxygen atoms in total. The average molecular weight is 259 g/mol. The van der Waals surface area contributed by atoms with Gasteiger partial charge in [-0.05, 0) is 32.4 Å². The van der Waals surface area contributed by atoms with Gasteiger partial charge in [0.05, 0.1) is 18.4 Å². The standard InChI is InChI=1S/C15H17NO3/c1-4-5-18-13-7-12(8-16-9-13)15(17)14-6-10(2)19-11(14)3/h6-9H,4-5H2,1-3H3. The Labute approximate surface area is 112 Å². The van der Waals surface area contributed by atoms with Gasteiger partial charge in [-0.2, -0.15) is 0 Å². The molecular formula is C15H17NO3. The molecule has 2 heterocycles. The van der Waals surface area contributed by atoms with Gasteiger partial charge in [-0.25, -0.2) is 0 Å². The lowest BCUT2D eigenvalue weighted by Crippen LogP contribution is -2.03. The van der Waals surface area contributed by atoms with Crippen molar-refractivity contribution in [1.82, 2.24) is 4.98 Å². The van der Waals surface area contributed by atoms with E-state index in [1.807, 2.05) is 13.8 Å². The second-order valence-corrected chi connectivity index (χ2v) is 4.41. The first kappa shape index (κ1) is 13.3. The highest BCUT2D eigenvalue weighted by Crippen LogP contribution is 2.20. The molecular weight excluding hydrogens is 242 g/mol. The molecule has 0 fully saturated rings. The molecule has 2 aromatic rings. The zero-order chi connectivity index (χ0) is 13.8. The molecule has 4 heteroatoms. The van der Waals surface area contributed by atoms with E-state index in [2.05, 4.69) is 4.98 Å². The fourth-order valence-electron chi connectivity index (χ4n) is 1.85. The predicted octanol–water partition coefficient (Wildman–Crippen LogP) is 3.31. The maximum Gasteiger partial charge on any atom is 0.198 e. The maximum absolute atomic E-state index is 12.4. The number of ketones is 1. The first-order valence-electron chi connectivity index (χ1n) is 6.31. The van der Waals surface area contributed by atoms with E-state index >= 15 is 0 Å². The second-order valence-electron chi connectivity index (χ2n) is 4.41. The summed E-state index contributed by atoms with van der Waals surface area (Å²) in [5.74, 6) is 1.88. The molecule has 0 unspecified atom stereocenters. The smallest absolute Gasteiger partial charge is 0.198 e. The Hall–Kier alpha value is -2.10. The highest BCUT2D eigenvalue weighted by Gasteiger charge is 2.16. The van der Waals surface area contributed by atoms with Crippen molar-refractivity contribution >= 4 is 5.78 Å². The third-order valence-corrected chi connectivity index (χ3v) is 2.73. The molecule has 0 aromatic carbocycles. The number of aromatic nitrogens is 1. The van der Waals surface area contributed by atoms with Crippen molar-refractivity contribution in [2.75, 3.05) is 6.61 Å². The van der Waals surface area contributed by atoms with E-state index in [0.717, 1.165) is 12.2 Å². The Morgan fingerprint density at radius 3 is 2.74 bits per heavy atom. The number of hydrogen-bond donors (Lipinski definition) is 0. The summed E-state index contributed by atoms with van der Waals surface area (Å²) in [6.45, 7) is 6.25. The summed E-state index contributed by atoms with van der Waals surface area (Å²) in [6, 6.07) is 3.46. The summed E-state index contributed by atoms with van der Waals surface area (Å²) in [5.41, 5.74) is 1.09. The molecule has 0 aliphatic rings. The van der Waals surface area contributed by atoms with Crippen LogP contribution in [-0.2, 0) is 0 Å². The summed E-state index contributed by atoms with van der Waals surface area (Å²) < 4.78 is 10.9. The summed E-state index contributed by atoms with van der Waals surface area (Å²) in [7, 11) is 0. The minimum atomic E-state index is -0.0937. The van der Waals surface area contributed by atoms with E-state index in [1.165, 1.54) is 0 Å².